The van der Waals surface area contributed by atoms with Crippen LogP contribution in [0.4, 0.5) is 0 Å². The van der Waals surface area contributed by atoms with Gasteiger partial charge in [-0.15, -0.1) is 0 Å². The summed E-state index contributed by atoms with van der Waals surface area (Å²) in [4.78, 5) is 6.58. The number of hydrogen-bond acceptors (Lipinski definition) is 5. The lowest BCUT2D eigenvalue weighted by atomic mass is 9.99. The van der Waals surface area contributed by atoms with Crippen LogP contribution in [-0.2, 0) is 29.7 Å². The molecule has 0 amide bonds. The highest BCUT2D eigenvalue weighted by Crippen LogP contribution is 2.32. The van der Waals surface area contributed by atoms with Crippen molar-refractivity contribution in [1.29, 1.82) is 0 Å². The second kappa shape index (κ2) is 7.64. The maximum atomic E-state index is 6.32. The van der Waals surface area contributed by atoms with Crippen LogP contribution in [0.2, 0.25) is 0 Å². The highest BCUT2D eigenvalue weighted by molar-refractivity contribution is 5.08. The van der Waals surface area contributed by atoms with E-state index in [9.17, 15) is 0 Å². The van der Waals surface area contributed by atoms with Gasteiger partial charge in [0, 0.05) is 50.3 Å². The fourth-order valence-electron chi connectivity index (χ4n) is 3.98. The van der Waals surface area contributed by atoms with E-state index in [0.717, 1.165) is 31.5 Å². The SMILES string of the molecule is Cn1cc(CN2CC[C@@H]3O[C@@H](COCc4ccncc4)CC[C@@H]32)cn1. The first-order chi connectivity index (χ1) is 12.3. The predicted octanol–water partition coefficient (Wildman–Crippen LogP) is 2.15. The molecule has 4 heterocycles. The van der Waals surface area contributed by atoms with E-state index in [4.69, 9.17) is 9.47 Å². The molecule has 2 aliphatic heterocycles. The average Bonchev–Trinajstić information content (AvgIpc) is 3.22. The van der Waals surface area contributed by atoms with Crippen molar-refractivity contribution < 1.29 is 9.47 Å². The first-order valence-corrected chi connectivity index (χ1v) is 9.11. The Kier molecular flexibility index (Phi) is 5.10. The number of aromatic nitrogens is 3. The van der Waals surface area contributed by atoms with Crippen molar-refractivity contribution in [3.05, 3.63) is 48.0 Å². The lowest BCUT2D eigenvalue weighted by Crippen LogP contribution is -2.43. The molecule has 0 aliphatic carbocycles. The molecule has 25 heavy (non-hydrogen) atoms. The Hall–Kier alpha value is -1.76. The maximum absolute atomic E-state index is 6.32. The van der Waals surface area contributed by atoms with Crippen LogP contribution < -0.4 is 0 Å². The van der Waals surface area contributed by atoms with Gasteiger partial charge in [0.15, 0.2) is 0 Å². The van der Waals surface area contributed by atoms with Crippen LogP contribution in [0, 0.1) is 0 Å². The summed E-state index contributed by atoms with van der Waals surface area (Å²) in [6.45, 7) is 3.38. The lowest BCUT2D eigenvalue weighted by molar-refractivity contribution is -0.102. The second-order valence-corrected chi connectivity index (χ2v) is 7.09. The standard InChI is InChI=1S/C19H26N4O2/c1-22-11-16(10-21-22)12-23-9-6-19-18(23)3-2-17(25-19)14-24-13-15-4-7-20-8-5-15/h4-5,7-8,10-11,17-19H,2-3,6,9,12-14H2,1H3/t17-,18+,19+/m1/s1. The molecule has 0 unspecified atom stereocenters. The molecule has 0 bridgehead atoms. The molecule has 6 nitrogen and oxygen atoms in total. The van der Waals surface area contributed by atoms with Crippen molar-refractivity contribution in [2.45, 2.75) is 50.7 Å². The van der Waals surface area contributed by atoms with Crippen molar-refractivity contribution >= 4 is 0 Å². The molecule has 4 rings (SSSR count). The molecule has 0 radical (unpaired) electrons. The van der Waals surface area contributed by atoms with Gasteiger partial charge in [0.05, 0.1) is 31.6 Å². The number of pyridine rings is 1. The summed E-state index contributed by atoms with van der Waals surface area (Å²) < 4.78 is 14.0. The summed E-state index contributed by atoms with van der Waals surface area (Å²) in [6, 6.07) is 4.52. The molecule has 3 atom stereocenters. The molecule has 2 fully saturated rings. The van der Waals surface area contributed by atoms with Gasteiger partial charge in [0.1, 0.15) is 0 Å². The predicted molar refractivity (Wildman–Crippen MR) is 93.8 cm³/mol. The number of fused-ring (bicyclic) bond motifs is 1. The van der Waals surface area contributed by atoms with Gasteiger partial charge < -0.3 is 9.47 Å². The van der Waals surface area contributed by atoms with Gasteiger partial charge in [0.2, 0.25) is 0 Å². The largest absolute Gasteiger partial charge is 0.374 e. The molecule has 0 spiro atoms. The molecule has 0 aromatic carbocycles. The zero-order chi connectivity index (χ0) is 17.1. The molecular formula is C19H26N4O2. The van der Waals surface area contributed by atoms with Gasteiger partial charge in [-0.2, -0.15) is 5.10 Å². The normalized spacial score (nSPS) is 26.7. The highest BCUT2D eigenvalue weighted by Gasteiger charge is 2.39. The summed E-state index contributed by atoms with van der Waals surface area (Å²) >= 11 is 0. The van der Waals surface area contributed by atoms with Gasteiger partial charge in [0.25, 0.3) is 0 Å². The van der Waals surface area contributed by atoms with E-state index in [0.29, 0.717) is 25.4 Å². The van der Waals surface area contributed by atoms with Crippen LogP contribution in [0.3, 0.4) is 0 Å². The number of ether oxygens (including phenoxy) is 2. The molecule has 2 saturated heterocycles. The fraction of sp³-hybridized carbons (Fsp3) is 0.579. The minimum absolute atomic E-state index is 0.224. The summed E-state index contributed by atoms with van der Waals surface area (Å²) in [5, 5.41) is 4.27. The zero-order valence-corrected chi connectivity index (χ0v) is 14.8. The maximum Gasteiger partial charge on any atom is 0.0813 e. The van der Waals surface area contributed by atoms with E-state index in [2.05, 4.69) is 21.2 Å². The molecule has 0 N–H and O–H groups in total. The third kappa shape index (κ3) is 4.08. The molecule has 6 heteroatoms. The topological polar surface area (TPSA) is 52.4 Å². The third-order valence-electron chi connectivity index (χ3n) is 5.22. The molecule has 2 aromatic heterocycles. The lowest BCUT2D eigenvalue weighted by Gasteiger charge is -2.35. The molecule has 134 valence electrons. The number of likely N-dealkylation sites (tertiary alicyclic amines) is 1. The van der Waals surface area contributed by atoms with Crippen LogP contribution in [-0.4, -0.2) is 51.1 Å². The Morgan fingerprint density at radius 1 is 1.20 bits per heavy atom. The second-order valence-electron chi connectivity index (χ2n) is 7.09. The Labute approximate surface area is 148 Å². The van der Waals surface area contributed by atoms with E-state index in [1.165, 1.54) is 12.0 Å². The van der Waals surface area contributed by atoms with Crippen molar-refractivity contribution in [2.75, 3.05) is 13.2 Å². The average molecular weight is 342 g/mol. The monoisotopic (exact) mass is 342 g/mol. The minimum Gasteiger partial charge on any atom is -0.374 e. The van der Waals surface area contributed by atoms with Crippen LogP contribution >= 0.6 is 0 Å². The number of hydrogen-bond donors (Lipinski definition) is 0. The number of nitrogens with zero attached hydrogens (tertiary/aromatic N) is 4. The Bertz CT molecular complexity index is 675. The van der Waals surface area contributed by atoms with Crippen LogP contribution in [0.1, 0.15) is 30.4 Å². The summed E-state index contributed by atoms with van der Waals surface area (Å²) in [5.74, 6) is 0. The summed E-state index contributed by atoms with van der Waals surface area (Å²) in [6.07, 6.45) is 11.6. The van der Waals surface area contributed by atoms with Gasteiger partial charge in [-0.1, -0.05) is 0 Å². The molecular weight excluding hydrogens is 316 g/mol. The van der Waals surface area contributed by atoms with Crippen LogP contribution in [0.15, 0.2) is 36.9 Å². The summed E-state index contributed by atoms with van der Waals surface area (Å²) in [5.41, 5.74) is 2.44. The first-order valence-electron chi connectivity index (χ1n) is 9.11. The fourth-order valence-corrected chi connectivity index (χ4v) is 3.98. The van der Waals surface area contributed by atoms with Crippen molar-refractivity contribution in [2.24, 2.45) is 7.05 Å². The van der Waals surface area contributed by atoms with E-state index < -0.39 is 0 Å². The number of aryl methyl sites for hydroxylation is 1. The first kappa shape index (κ1) is 16.7. The molecule has 2 aromatic rings. The van der Waals surface area contributed by atoms with Gasteiger partial charge in [-0.25, -0.2) is 0 Å². The van der Waals surface area contributed by atoms with E-state index in [1.807, 2.05) is 30.1 Å². The van der Waals surface area contributed by atoms with Gasteiger partial charge in [-0.05, 0) is 37.0 Å². The van der Waals surface area contributed by atoms with Crippen molar-refractivity contribution in [1.82, 2.24) is 19.7 Å². The van der Waals surface area contributed by atoms with E-state index >= 15 is 0 Å². The minimum atomic E-state index is 0.224. The zero-order valence-electron chi connectivity index (χ0n) is 14.8. The van der Waals surface area contributed by atoms with Gasteiger partial charge in [-0.3, -0.25) is 14.6 Å². The molecule has 0 saturated carbocycles. The highest BCUT2D eigenvalue weighted by atomic mass is 16.5. The van der Waals surface area contributed by atoms with Crippen LogP contribution in [0.25, 0.3) is 0 Å². The third-order valence-corrected chi connectivity index (χ3v) is 5.22. The Morgan fingerprint density at radius 2 is 2.08 bits per heavy atom. The quantitative estimate of drug-likeness (QED) is 0.805. The van der Waals surface area contributed by atoms with Crippen LogP contribution in [0.5, 0.6) is 0 Å². The summed E-state index contributed by atoms with van der Waals surface area (Å²) in [7, 11) is 1.97. The smallest absolute Gasteiger partial charge is 0.0813 e. The van der Waals surface area contributed by atoms with E-state index in [-0.39, 0.29) is 6.10 Å². The van der Waals surface area contributed by atoms with Crippen molar-refractivity contribution in [3.63, 3.8) is 0 Å². The molecule has 2 aliphatic rings. The Morgan fingerprint density at radius 3 is 2.88 bits per heavy atom. The van der Waals surface area contributed by atoms with E-state index in [1.54, 1.807) is 12.4 Å². The Balaban J connectivity index is 1.24. The van der Waals surface area contributed by atoms with Gasteiger partial charge >= 0.3 is 0 Å². The van der Waals surface area contributed by atoms with Crippen molar-refractivity contribution in [3.8, 4) is 0 Å². The number of rotatable bonds is 6.